The van der Waals surface area contributed by atoms with E-state index in [0.717, 1.165) is 5.56 Å². The number of hydrogen-bond acceptors (Lipinski definition) is 4. The molecule has 0 saturated heterocycles. The summed E-state index contributed by atoms with van der Waals surface area (Å²) in [6, 6.07) is 12.2. The van der Waals surface area contributed by atoms with Crippen molar-refractivity contribution in [3.05, 3.63) is 69.0 Å². The lowest BCUT2D eigenvalue weighted by molar-refractivity contribution is 0.388. The Kier molecular flexibility index (Phi) is 3.61. The Labute approximate surface area is 136 Å². The Morgan fingerprint density at radius 2 is 2.00 bits per heavy atom. The predicted molar refractivity (Wildman–Crippen MR) is 83.9 cm³/mol. The molecule has 1 heterocycles. The lowest BCUT2D eigenvalue weighted by Crippen LogP contribution is -2.21. The van der Waals surface area contributed by atoms with Gasteiger partial charge in [0, 0.05) is 16.7 Å². The van der Waals surface area contributed by atoms with E-state index in [9.17, 15) is 10.4 Å². The van der Waals surface area contributed by atoms with Crippen LogP contribution in [0, 0.1) is 11.3 Å². The third kappa shape index (κ3) is 2.35. The average molecular weight is 333 g/mol. The molecule has 0 radical (unpaired) electrons. The van der Waals surface area contributed by atoms with E-state index >= 15 is 0 Å². The van der Waals surface area contributed by atoms with Crippen LogP contribution in [0.25, 0.3) is 0 Å². The molecular weight excluding hydrogens is 323 g/mol. The Hall–Kier alpha value is -2.35. The summed E-state index contributed by atoms with van der Waals surface area (Å²) in [6.07, 6.45) is 0. The molecule has 0 saturated carbocycles. The van der Waals surface area contributed by atoms with Crippen molar-refractivity contribution in [2.24, 2.45) is 5.73 Å². The van der Waals surface area contributed by atoms with Crippen molar-refractivity contribution in [3.8, 4) is 17.6 Å². The van der Waals surface area contributed by atoms with Crippen molar-refractivity contribution in [3.63, 3.8) is 0 Å². The molecule has 2 aromatic carbocycles. The molecule has 110 valence electrons. The number of nitriles is 1. The highest BCUT2D eigenvalue weighted by atomic mass is 35.5. The highest BCUT2D eigenvalue weighted by Crippen LogP contribution is 2.45. The number of fused-ring (bicyclic) bond motifs is 1. The zero-order valence-electron chi connectivity index (χ0n) is 11.2. The maximum absolute atomic E-state index is 9.73. The summed E-state index contributed by atoms with van der Waals surface area (Å²) < 4.78 is 5.44. The Balaban J connectivity index is 2.27. The van der Waals surface area contributed by atoms with E-state index in [1.54, 1.807) is 24.3 Å². The summed E-state index contributed by atoms with van der Waals surface area (Å²) in [6.45, 7) is 0. The van der Waals surface area contributed by atoms with Gasteiger partial charge in [-0.25, -0.2) is 0 Å². The lowest BCUT2D eigenvalue weighted by Gasteiger charge is -2.26. The van der Waals surface area contributed by atoms with Crippen LogP contribution in [-0.2, 0) is 0 Å². The lowest BCUT2D eigenvalue weighted by atomic mass is 9.83. The van der Waals surface area contributed by atoms with Gasteiger partial charge in [0.15, 0.2) is 0 Å². The zero-order chi connectivity index (χ0) is 15.9. The second-order valence-electron chi connectivity index (χ2n) is 4.82. The third-order valence-corrected chi connectivity index (χ3v) is 4.00. The van der Waals surface area contributed by atoms with Crippen LogP contribution in [0.1, 0.15) is 17.0 Å². The monoisotopic (exact) mass is 332 g/mol. The highest BCUT2D eigenvalue weighted by molar-refractivity contribution is 6.32. The number of ether oxygens (including phenoxy) is 1. The molecule has 0 spiro atoms. The van der Waals surface area contributed by atoms with E-state index in [2.05, 4.69) is 6.07 Å². The standard InChI is InChI=1S/C16H10Cl2N2O2/c17-9-3-1-2-8(4-9)15-10-5-12(18)13(21)6-14(10)22-16(20)11(15)7-19/h1-6,15,21H,20H2/t15-/m0/s1. The van der Waals surface area contributed by atoms with Gasteiger partial charge in [0.2, 0.25) is 5.88 Å². The number of benzene rings is 2. The molecule has 4 nitrogen and oxygen atoms in total. The maximum Gasteiger partial charge on any atom is 0.205 e. The molecule has 22 heavy (non-hydrogen) atoms. The normalized spacial score (nSPS) is 16.7. The number of hydrogen-bond donors (Lipinski definition) is 2. The van der Waals surface area contributed by atoms with Crippen LogP contribution in [0.15, 0.2) is 47.9 Å². The molecule has 0 unspecified atom stereocenters. The van der Waals surface area contributed by atoms with E-state index in [4.69, 9.17) is 33.7 Å². The van der Waals surface area contributed by atoms with Gasteiger partial charge >= 0.3 is 0 Å². The molecule has 0 bridgehead atoms. The van der Waals surface area contributed by atoms with Gasteiger partial charge in [-0.05, 0) is 23.8 Å². The van der Waals surface area contributed by atoms with Crippen LogP contribution in [-0.4, -0.2) is 5.11 Å². The molecule has 0 amide bonds. The molecule has 2 aromatic rings. The predicted octanol–water partition coefficient (Wildman–Crippen LogP) is 3.92. The third-order valence-electron chi connectivity index (χ3n) is 3.47. The zero-order valence-corrected chi connectivity index (χ0v) is 12.7. The van der Waals surface area contributed by atoms with Crippen LogP contribution in [0.3, 0.4) is 0 Å². The quantitative estimate of drug-likeness (QED) is 0.829. The fourth-order valence-corrected chi connectivity index (χ4v) is 2.87. The molecule has 3 rings (SSSR count). The summed E-state index contributed by atoms with van der Waals surface area (Å²) in [5.74, 6) is -0.200. The smallest absolute Gasteiger partial charge is 0.205 e. The van der Waals surface area contributed by atoms with Crippen molar-refractivity contribution in [2.45, 2.75) is 5.92 Å². The van der Waals surface area contributed by atoms with Gasteiger partial charge in [-0.2, -0.15) is 5.26 Å². The average Bonchev–Trinajstić information content (AvgIpc) is 2.48. The molecule has 0 aromatic heterocycles. The molecule has 1 aliphatic rings. The molecular formula is C16H10Cl2N2O2. The van der Waals surface area contributed by atoms with Crippen LogP contribution in [0.5, 0.6) is 11.5 Å². The van der Waals surface area contributed by atoms with E-state index in [1.165, 1.54) is 6.07 Å². The van der Waals surface area contributed by atoms with Crippen LogP contribution in [0.2, 0.25) is 10.0 Å². The van der Waals surface area contributed by atoms with Crippen molar-refractivity contribution in [2.75, 3.05) is 0 Å². The van der Waals surface area contributed by atoms with Crippen molar-refractivity contribution in [1.29, 1.82) is 5.26 Å². The maximum atomic E-state index is 9.73. The minimum atomic E-state index is -0.453. The fraction of sp³-hybridized carbons (Fsp3) is 0.0625. The number of phenolic OH excluding ortho intramolecular Hbond substituents is 1. The fourth-order valence-electron chi connectivity index (χ4n) is 2.50. The van der Waals surface area contributed by atoms with Crippen molar-refractivity contribution in [1.82, 2.24) is 0 Å². The molecule has 6 heteroatoms. The highest BCUT2D eigenvalue weighted by Gasteiger charge is 2.31. The number of rotatable bonds is 1. The second kappa shape index (κ2) is 5.45. The first-order valence-electron chi connectivity index (χ1n) is 6.36. The first kappa shape index (κ1) is 14.6. The van der Waals surface area contributed by atoms with E-state index in [1.807, 2.05) is 6.07 Å². The number of allylic oxidation sites excluding steroid dienone is 1. The van der Waals surface area contributed by atoms with E-state index in [-0.39, 0.29) is 22.2 Å². The second-order valence-corrected chi connectivity index (χ2v) is 5.66. The van der Waals surface area contributed by atoms with Gasteiger partial charge in [-0.1, -0.05) is 35.3 Å². The minimum Gasteiger partial charge on any atom is -0.506 e. The number of halogens is 2. The number of nitrogens with zero attached hydrogens (tertiary/aromatic N) is 1. The first-order chi connectivity index (χ1) is 10.5. The van der Waals surface area contributed by atoms with E-state index < -0.39 is 5.92 Å². The summed E-state index contributed by atoms with van der Waals surface area (Å²) in [5.41, 5.74) is 7.56. The summed E-state index contributed by atoms with van der Waals surface area (Å²) >= 11 is 12.0. The van der Waals surface area contributed by atoms with Gasteiger partial charge in [0.05, 0.1) is 10.9 Å². The van der Waals surface area contributed by atoms with Gasteiger partial charge < -0.3 is 15.6 Å². The SMILES string of the molecule is N#CC1=C(N)Oc2cc(O)c(Cl)cc2[C@@H]1c1cccc(Cl)c1. The Bertz CT molecular complexity index is 841. The molecule has 1 atom stereocenters. The van der Waals surface area contributed by atoms with Crippen LogP contribution >= 0.6 is 23.2 Å². The van der Waals surface area contributed by atoms with Gasteiger partial charge in [-0.15, -0.1) is 0 Å². The molecule has 1 aliphatic heterocycles. The van der Waals surface area contributed by atoms with E-state index in [0.29, 0.717) is 16.3 Å². The largest absolute Gasteiger partial charge is 0.506 e. The van der Waals surface area contributed by atoms with Crippen molar-refractivity contribution < 1.29 is 9.84 Å². The number of aromatic hydroxyl groups is 1. The molecule has 0 aliphatic carbocycles. The van der Waals surface area contributed by atoms with Crippen molar-refractivity contribution >= 4 is 23.2 Å². The number of phenols is 1. The molecule has 3 N–H and O–H groups in total. The summed E-state index contributed by atoms with van der Waals surface area (Å²) in [5, 5.41) is 19.9. The summed E-state index contributed by atoms with van der Waals surface area (Å²) in [4.78, 5) is 0. The molecule has 0 fully saturated rings. The van der Waals surface area contributed by atoms with Gasteiger partial charge in [0.1, 0.15) is 23.1 Å². The number of nitrogens with two attached hydrogens (primary N) is 1. The van der Waals surface area contributed by atoms with Crippen LogP contribution < -0.4 is 10.5 Å². The van der Waals surface area contributed by atoms with Gasteiger partial charge in [-0.3, -0.25) is 0 Å². The summed E-state index contributed by atoms with van der Waals surface area (Å²) in [7, 11) is 0. The Morgan fingerprint density at radius 3 is 2.68 bits per heavy atom. The first-order valence-corrected chi connectivity index (χ1v) is 7.12. The topological polar surface area (TPSA) is 79.3 Å². The Morgan fingerprint density at radius 1 is 1.23 bits per heavy atom. The van der Waals surface area contributed by atoms with Gasteiger partial charge in [0.25, 0.3) is 0 Å². The minimum absolute atomic E-state index is 0.00157. The van der Waals surface area contributed by atoms with Crippen LogP contribution in [0.4, 0.5) is 0 Å².